The van der Waals surface area contributed by atoms with Crippen LogP contribution in [0.15, 0.2) is 83.2 Å². The Kier molecular flexibility index (Phi) is 7.95. The fraction of sp³-hybridized carbons (Fsp3) is 0.207. The minimum atomic E-state index is -3.80. The fourth-order valence-corrected chi connectivity index (χ4v) is 8.08. The summed E-state index contributed by atoms with van der Waals surface area (Å²) in [5.41, 5.74) is 2.53. The van der Waals surface area contributed by atoms with E-state index in [-0.39, 0.29) is 19.7 Å². The normalized spacial score (nSPS) is 12.0. The lowest BCUT2D eigenvalue weighted by molar-refractivity contribution is -0.137. The van der Waals surface area contributed by atoms with Gasteiger partial charge in [-0.3, -0.25) is 4.79 Å². The second-order valence-corrected chi connectivity index (χ2v) is 12.8. The fourth-order valence-electron chi connectivity index (χ4n) is 4.60. The largest absolute Gasteiger partial charge is 0.492 e. The average molecular weight is 583 g/mol. The third-order valence-corrected chi connectivity index (χ3v) is 10.6. The van der Waals surface area contributed by atoms with Gasteiger partial charge in [0.1, 0.15) is 23.1 Å². The summed E-state index contributed by atoms with van der Waals surface area (Å²) in [6.45, 7) is 2.33. The van der Waals surface area contributed by atoms with Gasteiger partial charge in [0, 0.05) is 39.9 Å². The standard InChI is InChI=1S/C29H27ClN2O5S2/c1-20-25-18-23(30)7-10-27(25)38-29(20)39(35,36)32(14-11-21-5-3-2-4-6-21)15-16-37-24-8-9-26-22(17-24)12-13-31(26)19-28(33)34/h2-10,12-13,17-18H,11,14-16,19H2,1H3,(H,33,34). The molecular formula is C29H27ClN2O5S2. The van der Waals surface area contributed by atoms with Gasteiger partial charge in [-0.25, -0.2) is 8.42 Å². The molecule has 7 nitrogen and oxygen atoms in total. The van der Waals surface area contributed by atoms with Gasteiger partial charge in [0.25, 0.3) is 10.0 Å². The van der Waals surface area contributed by atoms with Crippen molar-refractivity contribution in [2.75, 3.05) is 19.7 Å². The molecule has 2 aromatic heterocycles. The first-order chi connectivity index (χ1) is 18.7. The molecule has 0 saturated carbocycles. The van der Waals surface area contributed by atoms with Crippen molar-refractivity contribution < 1.29 is 23.1 Å². The van der Waals surface area contributed by atoms with E-state index in [1.54, 1.807) is 29.0 Å². The highest BCUT2D eigenvalue weighted by molar-refractivity contribution is 7.91. The Morgan fingerprint density at radius 3 is 2.62 bits per heavy atom. The van der Waals surface area contributed by atoms with Crippen LogP contribution in [0.4, 0.5) is 0 Å². The number of carbonyl (C=O) groups is 1. The van der Waals surface area contributed by atoms with Crippen LogP contribution in [-0.2, 0) is 27.8 Å². The Morgan fingerprint density at radius 2 is 1.85 bits per heavy atom. The smallest absolute Gasteiger partial charge is 0.323 e. The van der Waals surface area contributed by atoms with Crippen molar-refractivity contribution in [3.05, 3.63) is 95.1 Å². The summed E-state index contributed by atoms with van der Waals surface area (Å²) in [5, 5.41) is 11.4. The number of hydrogen-bond acceptors (Lipinski definition) is 5. The first kappa shape index (κ1) is 27.2. The zero-order valence-corrected chi connectivity index (χ0v) is 23.6. The van der Waals surface area contributed by atoms with E-state index in [0.717, 1.165) is 26.6 Å². The summed E-state index contributed by atoms with van der Waals surface area (Å²) < 4.78 is 38.2. The number of aryl methyl sites for hydroxylation is 1. The Morgan fingerprint density at radius 1 is 1.05 bits per heavy atom. The molecule has 0 amide bonds. The molecular weight excluding hydrogens is 556 g/mol. The van der Waals surface area contributed by atoms with Gasteiger partial charge in [-0.1, -0.05) is 41.9 Å². The minimum Gasteiger partial charge on any atom is -0.492 e. The summed E-state index contributed by atoms with van der Waals surface area (Å²) in [7, 11) is -3.80. The van der Waals surface area contributed by atoms with Crippen molar-refractivity contribution in [1.82, 2.24) is 8.87 Å². The van der Waals surface area contributed by atoms with Crippen LogP contribution in [0.2, 0.25) is 5.02 Å². The maximum absolute atomic E-state index is 13.9. The Labute approximate surface area is 235 Å². The van der Waals surface area contributed by atoms with Gasteiger partial charge in [0.2, 0.25) is 0 Å². The molecule has 39 heavy (non-hydrogen) atoms. The number of carboxylic acids is 1. The highest BCUT2D eigenvalue weighted by Crippen LogP contribution is 2.37. The number of aromatic nitrogens is 1. The van der Waals surface area contributed by atoms with Crippen molar-refractivity contribution in [1.29, 1.82) is 0 Å². The molecule has 0 aliphatic carbocycles. The molecule has 0 radical (unpaired) electrons. The number of hydrogen-bond donors (Lipinski definition) is 1. The average Bonchev–Trinajstić information content (AvgIpc) is 3.46. The van der Waals surface area contributed by atoms with Gasteiger partial charge in [0.05, 0.1) is 0 Å². The molecule has 3 aromatic carbocycles. The summed E-state index contributed by atoms with van der Waals surface area (Å²) in [6.07, 6.45) is 2.29. The van der Waals surface area contributed by atoms with Crippen molar-refractivity contribution in [3.63, 3.8) is 0 Å². The van der Waals surface area contributed by atoms with E-state index in [9.17, 15) is 13.2 Å². The molecule has 0 aliphatic rings. The monoisotopic (exact) mass is 582 g/mol. The SMILES string of the molecule is Cc1c(S(=O)(=O)N(CCOc2ccc3c(ccn3CC(=O)O)c2)CCc2ccccc2)sc2ccc(Cl)cc12. The molecule has 5 rings (SSSR count). The van der Waals surface area contributed by atoms with Crippen LogP contribution in [0.5, 0.6) is 5.75 Å². The lowest BCUT2D eigenvalue weighted by atomic mass is 10.1. The number of thiophene rings is 1. The highest BCUT2D eigenvalue weighted by atomic mass is 35.5. The Bertz CT molecular complexity index is 1750. The van der Waals surface area contributed by atoms with Crippen molar-refractivity contribution in [2.24, 2.45) is 0 Å². The van der Waals surface area contributed by atoms with Crippen LogP contribution in [0.3, 0.4) is 0 Å². The summed E-state index contributed by atoms with van der Waals surface area (Å²) >= 11 is 7.44. The number of halogens is 1. The maximum Gasteiger partial charge on any atom is 0.323 e. The van der Waals surface area contributed by atoms with Crippen molar-refractivity contribution in [3.8, 4) is 5.75 Å². The molecule has 1 N–H and O–H groups in total. The lowest BCUT2D eigenvalue weighted by Crippen LogP contribution is -2.36. The molecule has 0 fully saturated rings. The second kappa shape index (κ2) is 11.4. The summed E-state index contributed by atoms with van der Waals surface area (Å²) in [5.74, 6) is -0.328. The molecule has 202 valence electrons. The zero-order chi connectivity index (χ0) is 27.6. The van der Waals surface area contributed by atoms with Crippen LogP contribution < -0.4 is 4.74 Å². The van der Waals surface area contributed by atoms with E-state index >= 15 is 0 Å². The van der Waals surface area contributed by atoms with E-state index in [1.807, 2.05) is 61.5 Å². The van der Waals surface area contributed by atoms with Crippen LogP contribution in [-0.4, -0.2) is 48.1 Å². The van der Waals surface area contributed by atoms with Gasteiger partial charge in [-0.15, -0.1) is 11.3 Å². The molecule has 5 aromatic rings. The number of sulfonamides is 1. The molecule has 0 bridgehead atoms. The number of aliphatic carboxylic acids is 1. The molecule has 0 saturated heterocycles. The maximum atomic E-state index is 13.9. The second-order valence-electron chi connectivity index (χ2n) is 9.20. The van der Waals surface area contributed by atoms with Gasteiger partial charge in [0.15, 0.2) is 0 Å². The molecule has 2 heterocycles. The molecule has 10 heteroatoms. The zero-order valence-electron chi connectivity index (χ0n) is 21.2. The number of carboxylic acid groups (broad SMARTS) is 1. The van der Waals surface area contributed by atoms with Gasteiger partial charge < -0.3 is 14.4 Å². The van der Waals surface area contributed by atoms with Crippen molar-refractivity contribution >= 4 is 59.9 Å². The van der Waals surface area contributed by atoms with Crippen LogP contribution >= 0.6 is 22.9 Å². The Balaban J connectivity index is 1.37. The quantitative estimate of drug-likeness (QED) is 0.200. The van der Waals surface area contributed by atoms with Crippen molar-refractivity contribution in [2.45, 2.75) is 24.1 Å². The molecule has 0 unspecified atom stereocenters. The first-order valence-corrected chi connectivity index (χ1v) is 15.0. The highest BCUT2D eigenvalue weighted by Gasteiger charge is 2.29. The van der Waals surface area contributed by atoms with Gasteiger partial charge in [-0.2, -0.15) is 4.31 Å². The predicted octanol–water partition coefficient (Wildman–Crippen LogP) is 6.21. The first-order valence-electron chi connectivity index (χ1n) is 12.4. The van der Waals surface area contributed by atoms with Crippen LogP contribution in [0, 0.1) is 6.92 Å². The predicted molar refractivity (Wildman–Crippen MR) is 156 cm³/mol. The van der Waals surface area contributed by atoms with Crippen LogP contribution in [0.25, 0.3) is 21.0 Å². The van der Waals surface area contributed by atoms with E-state index in [2.05, 4.69) is 0 Å². The van der Waals surface area contributed by atoms with E-state index in [1.165, 1.54) is 15.6 Å². The topological polar surface area (TPSA) is 88.8 Å². The third kappa shape index (κ3) is 5.96. The summed E-state index contributed by atoms with van der Waals surface area (Å²) in [6, 6.07) is 22.5. The van der Waals surface area contributed by atoms with E-state index in [0.29, 0.717) is 33.5 Å². The lowest BCUT2D eigenvalue weighted by Gasteiger charge is -2.22. The van der Waals surface area contributed by atoms with Gasteiger partial charge >= 0.3 is 5.97 Å². The number of fused-ring (bicyclic) bond motifs is 2. The Hall–Kier alpha value is -3.37. The third-order valence-electron chi connectivity index (χ3n) is 6.58. The molecule has 0 aliphatic heterocycles. The van der Waals surface area contributed by atoms with E-state index < -0.39 is 16.0 Å². The number of rotatable bonds is 11. The molecule has 0 atom stereocenters. The minimum absolute atomic E-state index is 0.124. The van der Waals surface area contributed by atoms with Gasteiger partial charge in [-0.05, 0) is 72.3 Å². The summed E-state index contributed by atoms with van der Waals surface area (Å²) in [4.78, 5) is 11.1. The number of nitrogens with zero attached hydrogens (tertiary/aromatic N) is 2. The van der Waals surface area contributed by atoms with E-state index in [4.69, 9.17) is 21.4 Å². The molecule has 0 spiro atoms. The number of benzene rings is 3. The number of ether oxygens (including phenoxy) is 1. The van der Waals surface area contributed by atoms with Crippen LogP contribution in [0.1, 0.15) is 11.1 Å².